The van der Waals surface area contributed by atoms with Gasteiger partial charge in [-0.3, -0.25) is 14.4 Å². The monoisotopic (exact) mass is 309 g/mol. The molecule has 1 aliphatic carbocycles. The van der Waals surface area contributed by atoms with Gasteiger partial charge in [-0.15, -0.1) is 0 Å². The molecular formula is C18H15NO4. The number of rotatable bonds is 4. The zero-order valence-corrected chi connectivity index (χ0v) is 12.6. The van der Waals surface area contributed by atoms with Crippen LogP contribution in [0.5, 0.6) is 0 Å². The highest BCUT2D eigenvalue weighted by molar-refractivity contribution is 6.22. The van der Waals surface area contributed by atoms with Gasteiger partial charge in [-0.05, 0) is 23.3 Å². The van der Waals surface area contributed by atoms with Crippen molar-refractivity contribution in [2.45, 2.75) is 6.42 Å². The number of hydrogen-bond acceptors (Lipinski definition) is 4. The van der Waals surface area contributed by atoms with Crippen molar-refractivity contribution in [1.29, 1.82) is 0 Å². The molecule has 5 heteroatoms. The highest BCUT2D eigenvalue weighted by Crippen LogP contribution is 2.36. The van der Waals surface area contributed by atoms with Gasteiger partial charge < -0.3 is 10.1 Å². The molecule has 0 fully saturated rings. The first-order valence-electron chi connectivity index (χ1n) is 7.25. The number of ketones is 1. The lowest BCUT2D eigenvalue weighted by atomic mass is 10.0. The maximum absolute atomic E-state index is 12.4. The van der Waals surface area contributed by atoms with Gasteiger partial charge in [-0.25, -0.2) is 0 Å². The molecule has 3 rings (SSSR count). The lowest BCUT2D eigenvalue weighted by Gasteiger charge is -2.06. The van der Waals surface area contributed by atoms with E-state index in [0.717, 1.165) is 11.1 Å². The summed E-state index contributed by atoms with van der Waals surface area (Å²) in [4.78, 5) is 35.6. The fourth-order valence-corrected chi connectivity index (χ4v) is 2.65. The lowest BCUT2D eigenvalue weighted by Crippen LogP contribution is -2.26. The number of methoxy groups -OCH3 is 1. The molecule has 0 heterocycles. The SMILES string of the molecule is COC(=O)CCNC(=O)c1ccc2c(c1)C(=O)c1ccccc1-2. The number of carbonyl (C=O) groups excluding carboxylic acids is 3. The fraction of sp³-hybridized carbons (Fsp3) is 0.167. The van der Waals surface area contributed by atoms with E-state index in [4.69, 9.17) is 0 Å². The van der Waals surface area contributed by atoms with E-state index >= 15 is 0 Å². The van der Waals surface area contributed by atoms with E-state index in [2.05, 4.69) is 10.1 Å². The molecule has 0 saturated carbocycles. The molecule has 5 nitrogen and oxygen atoms in total. The van der Waals surface area contributed by atoms with Gasteiger partial charge in [-0.1, -0.05) is 30.3 Å². The first-order chi connectivity index (χ1) is 11.1. The Hall–Kier alpha value is -2.95. The van der Waals surface area contributed by atoms with Crippen molar-refractivity contribution >= 4 is 17.7 Å². The normalized spacial score (nSPS) is 11.6. The Labute approximate surface area is 133 Å². The minimum Gasteiger partial charge on any atom is -0.469 e. The third kappa shape index (κ3) is 2.73. The number of fused-ring (bicyclic) bond motifs is 3. The fourth-order valence-electron chi connectivity index (χ4n) is 2.65. The van der Waals surface area contributed by atoms with Crippen molar-refractivity contribution < 1.29 is 19.1 Å². The molecular weight excluding hydrogens is 294 g/mol. The molecule has 1 N–H and O–H groups in total. The third-order valence-electron chi connectivity index (χ3n) is 3.83. The molecule has 0 bridgehead atoms. The van der Waals surface area contributed by atoms with Gasteiger partial charge in [0.1, 0.15) is 0 Å². The van der Waals surface area contributed by atoms with Crippen LogP contribution < -0.4 is 5.32 Å². The van der Waals surface area contributed by atoms with Crippen LogP contribution >= 0.6 is 0 Å². The van der Waals surface area contributed by atoms with Crippen molar-refractivity contribution in [3.05, 3.63) is 59.2 Å². The van der Waals surface area contributed by atoms with Crippen LogP contribution in [0.15, 0.2) is 42.5 Å². The molecule has 0 unspecified atom stereocenters. The number of carbonyl (C=O) groups is 3. The van der Waals surface area contributed by atoms with Gasteiger partial charge in [0.2, 0.25) is 0 Å². The number of esters is 1. The molecule has 0 spiro atoms. The summed E-state index contributed by atoms with van der Waals surface area (Å²) >= 11 is 0. The zero-order chi connectivity index (χ0) is 16.4. The minimum absolute atomic E-state index is 0.0696. The highest BCUT2D eigenvalue weighted by atomic mass is 16.5. The summed E-state index contributed by atoms with van der Waals surface area (Å²) in [5.41, 5.74) is 3.33. The number of ether oxygens (including phenoxy) is 1. The molecule has 2 aromatic carbocycles. The van der Waals surface area contributed by atoms with E-state index in [9.17, 15) is 14.4 Å². The van der Waals surface area contributed by atoms with E-state index in [1.807, 2.05) is 18.2 Å². The molecule has 0 radical (unpaired) electrons. The Morgan fingerprint density at radius 2 is 1.70 bits per heavy atom. The van der Waals surface area contributed by atoms with Gasteiger partial charge in [0.05, 0.1) is 13.5 Å². The van der Waals surface area contributed by atoms with E-state index in [0.29, 0.717) is 16.7 Å². The average molecular weight is 309 g/mol. The van der Waals surface area contributed by atoms with Crippen molar-refractivity contribution in [2.24, 2.45) is 0 Å². The average Bonchev–Trinajstić information content (AvgIpc) is 2.87. The molecule has 2 aromatic rings. The summed E-state index contributed by atoms with van der Waals surface area (Å²) in [7, 11) is 1.30. The van der Waals surface area contributed by atoms with Crippen molar-refractivity contribution in [2.75, 3.05) is 13.7 Å². The van der Waals surface area contributed by atoms with Crippen molar-refractivity contribution in [1.82, 2.24) is 5.32 Å². The van der Waals surface area contributed by atoms with Crippen LogP contribution in [0.1, 0.15) is 32.7 Å². The molecule has 23 heavy (non-hydrogen) atoms. The summed E-state index contributed by atoms with van der Waals surface area (Å²) in [6, 6.07) is 12.5. The summed E-state index contributed by atoms with van der Waals surface area (Å²) in [5.74, 6) is -0.773. The number of hydrogen-bond donors (Lipinski definition) is 1. The number of amides is 1. The predicted molar refractivity (Wildman–Crippen MR) is 84.3 cm³/mol. The molecule has 0 aromatic heterocycles. The third-order valence-corrected chi connectivity index (χ3v) is 3.83. The summed E-state index contributed by atoms with van der Waals surface area (Å²) in [6.07, 6.45) is 0.109. The van der Waals surface area contributed by atoms with Gasteiger partial charge in [0.25, 0.3) is 5.91 Å². The van der Waals surface area contributed by atoms with E-state index in [1.54, 1.807) is 24.3 Å². The Balaban J connectivity index is 1.79. The van der Waals surface area contributed by atoms with Gasteiger partial charge in [0, 0.05) is 23.2 Å². The predicted octanol–water partition coefficient (Wildman–Crippen LogP) is 2.19. The second kappa shape index (κ2) is 6.04. The van der Waals surface area contributed by atoms with Crippen LogP contribution in [0.4, 0.5) is 0 Å². The first-order valence-corrected chi connectivity index (χ1v) is 7.25. The van der Waals surface area contributed by atoms with E-state index in [-0.39, 0.29) is 30.6 Å². The molecule has 0 atom stereocenters. The van der Waals surface area contributed by atoms with Crippen molar-refractivity contribution in [3.63, 3.8) is 0 Å². The first kappa shape index (κ1) is 15.0. The van der Waals surface area contributed by atoms with Crippen LogP contribution in [0.3, 0.4) is 0 Å². The summed E-state index contributed by atoms with van der Waals surface area (Å²) in [5, 5.41) is 2.64. The molecule has 1 aliphatic rings. The second-order valence-corrected chi connectivity index (χ2v) is 5.22. The maximum atomic E-state index is 12.4. The summed E-state index contributed by atoms with van der Waals surface area (Å²) < 4.78 is 4.51. The Morgan fingerprint density at radius 1 is 1.00 bits per heavy atom. The quantitative estimate of drug-likeness (QED) is 0.750. The number of benzene rings is 2. The Morgan fingerprint density at radius 3 is 2.43 bits per heavy atom. The minimum atomic E-state index is -0.384. The van der Waals surface area contributed by atoms with Gasteiger partial charge in [0.15, 0.2) is 5.78 Å². The van der Waals surface area contributed by atoms with Gasteiger partial charge >= 0.3 is 5.97 Å². The topological polar surface area (TPSA) is 72.5 Å². The van der Waals surface area contributed by atoms with Crippen LogP contribution in [0, 0.1) is 0 Å². The van der Waals surface area contributed by atoms with Crippen LogP contribution in [-0.2, 0) is 9.53 Å². The zero-order valence-electron chi connectivity index (χ0n) is 12.6. The van der Waals surface area contributed by atoms with Crippen LogP contribution in [0.25, 0.3) is 11.1 Å². The van der Waals surface area contributed by atoms with E-state index in [1.165, 1.54) is 7.11 Å². The molecule has 116 valence electrons. The molecule has 1 amide bonds. The van der Waals surface area contributed by atoms with Gasteiger partial charge in [-0.2, -0.15) is 0 Å². The van der Waals surface area contributed by atoms with Crippen molar-refractivity contribution in [3.8, 4) is 11.1 Å². The lowest BCUT2D eigenvalue weighted by molar-refractivity contribution is -0.140. The summed E-state index contributed by atoms with van der Waals surface area (Å²) in [6.45, 7) is 0.191. The highest BCUT2D eigenvalue weighted by Gasteiger charge is 2.26. The number of nitrogens with one attached hydrogen (secondary N) is 1. The maximum Gasteiger partial charge on any atom is 0.307 e. The van der Waals surface area contributed by atoms with E-state index < -0.39 is 0 Å². The standard InChI is InChI=1S/C18H15NO4/c1-23-16(20)8-9-19-18(22)11-6-7-13-12-4-2-3-5-14(12)17(21)15(13)10-11/h2-7,10H,8-9H2,1H3,(H,19,22). The van der Waals surface area contributed by atoms with Crippen LogP contribution in [0.2, 0.25) is 0 Å². The van der Waals surface area contributed by atoms with Crippen LogP contribution in [-0.4, -0.2) is 31.3 Å². The second-order valence-electron chi connectivity index (χ2n) is 5.22. The largest absolute Gasteiger partial charge is 0.469 e. The smallest absolute Gasteiger partial charge is 0.307 e. The Kier molecular flexibility index (Phi) is 3.93. The molecule has 0 saturated heterocycles. The Bertz CT molecular complexity index is 810. The molecule has 0 aliphatic heterocycles.